The van der Waals surface area contributed by atoms with Crippen LogP contribution in [0, 0.1) is 6.92 Å². The highest BCUT2D eigenvalue weighted by molar-refractivity contribution is 5.50. The fourth-order valence-corrected chi connectivity index (χ4v) is 1.15. The molecule has 0 aliphatic heterocycles. The van der Waals surface area contributed by atoms with Gasteiger partial charge in [0.2, 0.25) is 0 Å². The molecule has 0 unspecified atom stereocenters. The first-order chi connectivity index (χ1) is 6.29. The average Bonchev–Trinajstić information content (AvgIpc) is 2.71. The first kappa shape index (κ1) is 8.04. The van der Waals surface area contributed by atoms with Gasteiger partial charge in [-0.3, -0.25) is 4.68 Å². The lowest BCUT2D eigenvalue weighted by Crippen LogP contribution is -1.93. The van der Waals surface area contributed by atoms with Crippen LogP contribution in [0.15, 0.2) is 22.9 Å². The third kappa shape index (κ3) is 1.47. The standard InChI is InChI=1S/C9H11N3O/c1-3-12-5-4-8(10-12)9-6-7(2)11-13-9/h4-6H,3H2,1-2H3. The summed E-state index contributed by atoms with van der Waals surface area (Å²) in [6.07, 6.45) is 1.92. The predicted octanol–water partition coefficient (Wildman–Crippen LogP) is 1.87. The summed E-state index contributed by atoms with van der Waals surface area (Å²) in [6.45, 7) is 4.80. The van der Waals surface area contributed by atoms with Crippen LogP contribution in [0.25, 0.3) is 11.5 Å². The SMILES string of the molecule is CCn1ccc(-c2cc(C)no2)n1. The lowest BCUT2D eigenvalue weighted by molar-refractivity contribution is 0.425. The highest BCUT2D eigenvalue weighted by atomic mass is 16.5. The zero-order chi connectivity index (χ0) is 9.26. The maximum absolute atomic E-state index is 5.08. The Morgan fingerprint density at radius 2 is 2.38 bits per heavy atom. The van der Waals surface area contributed by atoms with Crippen LogP contribution < -0.4 is 0 Å². The van der Waals surface area contributed by atoms with Gasteiger partial charge in [0.05, 0.1) is 5.69 Å². The van der Waals surface area contributed by atoms with E-state index in [0.29, 0.717) is 0 Å². The van der Waals surface area contributed by atoms with Crippen molar-refractivity contribution in [3.8, 4) is 11.5 Å². The second kappa shape index (κ2) is 3.05. The minimum atomic E-state index is 0.727. The third-order valence-corrected chi connectivity index (χ3v) is 1.85. The molecule has 2 heterocycles. The molecule has 68 valence electrons. The number of hydrogen-bond donors (Lipinski definition) is 0. The van der Waals surface area contributed by atoms with Crippen molar-refractivity contribution in [3.05, 3.63) is 24.0 Å². The molecule has 2 aromatic rings. The Kier molecular flexibility index (Phi) is 1.88. The van der Waals surface area contributed by atoms with E-state index in [2.05, 4.69) is 10.3 Å². The molecule has 0 saturated heterocycles. The quantitative estimate of drug-likeness (QED) is 0.703. The Morgan fingerprint density at radius 3 is 2.92 bits per heavy atom. The van der Waals surface area contributed by atoms with Crippen LogP contribution in [-0.4, -0.2) is 14.9 Å². The molecule has 0 atom stereocenters. The van der Waals surface area contributed by atoms with Crippen LogP contribution >= 0.6 is 0 Å². The Bertz CT molecular complexity index is 402. The lowest BCUT2D eigenvalue weighted by atomic mass is 10.3. The van der Waals surface area contributed by atoms with Gasteiger partial charge in [-0.05, 0) is 19.9 Å². The van der Waals surface area contributed by atoms with Crippen molar-refractivity contribution in [1.82, 2.24) is 14.9 Å². The van der Waals surface area contributed by atoms with Crippen molar-refractivity contribution >= 4 is 0 Å². The van der Waals surface area contributed by atoms with Crippen molar-refractivity contribution in [2.75, 3.05) is 0 Å². The molecule has 0 aromatic carbocycles. The molecule has 2 rings (SSSR count). The Morgan fingerprint density at radius 1 is 1.54 bits per heavy atom. The molecule has 0 bridgehead atoms. The first-order valence-electron chi connectivity index (χ1n) is 4.26. The van der Waals surface area contributed by atoms with Crippen molar-refractivity contribution in [2.45, 2.75) is 20.4 Å². The summed E-state index contributed by atoms with van der Waals surface area (Å²) in [4.78, 5) is 0. The summed E-state index contributed by atoms with van der Waals surface area (Å²) in [5.74, 6) is 0.727. The molecular weight excluding hydrogens is 166 g/mol. The molecule has 13 heavy (non-hydrogen) atoms. The molecule has 4 heteroatoms. The Labute approximate surface area is 76.2 Å². The monoisotopic (exact) mass is 177 g/mol. The van der Waals surface area contributed by atoms with E-state index in [4.69, 9.17) is 4.52 Å². The van der Waals surface area contributed by atoms with Crippen LogP contribution in [0.5, 0.6) is 0 Å². The maximum atomic E-state index is 5.08. The van der Waals surface area contributed by atoms with Gasteiger partial charge in [-0.1, -0.05) is 5.16 Å². The number of aryl methyl sites for hydroxylation is 2. The number of nitrogens with zero attached hydrogens (tertiary/aromatic N) is 3. The Balaban J connectivity index is 2.35. The summed E-state index contributed by atoms with van der Waals surface area (Å²) in [6, 6.07) is 3.80. The zero-order valence-electron chi connectivity index (χ0n) is 7.69. The van der Waals surface area contributed by atoms with Gasteiger partial charge >= 0.3 is 0 Å². The smallest absolute Gasteiger partial charge is 0.187 e. The van der Waals surface area contributed by atoms with Gasteiger partial charge in [0.25, 0.3) is 0 Å². The lowest BCUT2D eigenvalue weighted by Gasteiger charge is -1.90. The van der Waals surface area contributed by atoms with Crippen molar-refractivity contribution in [1.29, 1.82) is 0 Å². The van der Waals surface area contributed by atoms with Gasteiger partial charge in [-0.15, -0.1) is 0 Å². The van der Waals surface area contributed by atoms with Gasteiger partial charge in [-0.2, -0.15) is 5.10 Å². The van der Waals surface area contributed by atoms with E-state index >= 15 is 0 Å². The summed E-state index contributed by atoms with van der Waals surface area (Å²) in [7, 11) is 0. The minimum absolute atomic E-state index is 0.727. The number of rotatable bonds is 2. The minimum Gasteiger partial charge on any atom is -0.354 e. The highest BCUT2D eigenvalue weighted by Gasteiger charge is 2.06. The summed E-state index contributed by atoms with van der Waals surface area (Å²) in [5, 5.41) is 8.10. The summed E-state index contributed by atoms with van der Waals surface area (Å²) in [5.41, 5.74) is 1.71. The van der Waals surface area contributed by atoms with E-state index in [1.165, 1.54) is 0 Å². The highest BCUT2D eigenvalue weighted by Crippen LogP contribution is 2.17. The molecule has 0 N–H and O–H groups in total. The van der Waals surface area contributed by atoms with Crippen LogP contribution in [0.2, 0.25) is 0 Å². The Hall–Kier alpha value is -1.58. The van der Waals surface area contributed by atoms with Crippen molar-refractivity contribution in [2.24, 2.45) is 0 Å². The molecule has 0 aliphatic rings. The molecule has 0 radical (unpaired) electrons. The van der Waals surface area contributed by atoms with E-state index in [0.717, 1.165) is 23.7 Å². The maximum Gasteiger partial charge on any atom is 0.187 e. The fraction of sp³-hybridized carbons (Fsp3) is 0.333. The van der Waals surface area contributed by atoms with Gasteiger partial charge < -0.3 is 4.52 Å². The van der Waals surface area contributed by atoms with Crippen molar-refractivity contribution in [3.63, 3.8) is 0 Å². The largest absolute Gasteiger partial charge is 0.354 e. The van der Waals surface area contributed by atoms with Crippen LogP contribution in [0.1, 0.15) is 12.6 Å². The molecule has 0 amide bonds. The van der Waals surface area contributed by atoms with E-state index in [1.54, 1.807) is 0 Å². The first-order valence-corrected chi connectivity index (χ1v) is 4.26. The second-order valence-electron chi connectivity index (χ2n) is 2.89. The molecule has 0 aliphatic carbocycles. The molecule has 0 spiro atoms. The predicted molar refractivity (Wildman–Crippen MR) is 48.1 cm³/mol. The summed E-state index contributed by atoms with van der Waals surface area (Å²) >= 11 is 0. The fourth-order valence-electron chi connectivity index (χ4n) is 1.15. The van der Waals surface area contributed by atoms with Gasteiger partial charge in [0.15, 0.2) is 5.76 Å². The zero-order valence-corrected chi connectivity index (χ0v) is 7.69. The van der Waals surface area contributed by atoms with E-state index in [9.17, 15) is 0 Å². The molecule has 0 fully saturated rings. The molecule has 0 saturated carbocycles. The summed E-state index contributed by atoms with van der Waals surface area (Å²) < 4.78 is 6.94. The van der Waals surface area contributed by atoms with Gasteiger partial charge in [-0.25, -0.2) is 0 Å². The second-order valence-corrected chi connectivity index (χ2v) is 2.89. The van der Waals surface area contributed by atoms with Crippen LogP contribution in [0.3, 0.4) is 0 Å². The van der Waals surface area contributed by atoms with Crippen LogP contribution in [0.4, 0.5) is 0 Å². The van der Waals surface area contributed by atoms with Gasteiger partial charge in [0, 0.05) is 18.8 Å². The van der Waals surface area contributed by atoms with E-state index in [1.807, 2.05) is 36.9 Å². The average molecular weight is 177 g/mol. The normalized spacial score (nSPS) is 10.6. The third-order valence-electron chi connectivity index (χ3n) is 1.85. The molecule has 4 nitrogen and oxygen atoms in total. The van der Waals surface area contributed by atoms with Crippen LogP contribution in [-0.2, 0) is 6.54 Å². The number of aromatic nitrogens is 3. The number of hydrogen-bond acceptors (Lipinski definition) is 3. The van der Waals surface area contributed by atoms with E-state index < -0.39 is 0 Å². The topological polar surface area (TPSA) is 43.9 Å². The van der Waals surface area contributed by atoms with Gasteiger partial charge in [0.1, 0.15) is 5.69 Å². The molecular formula is C9H11N3O. The molecule has 2 aromatic heterocycles. The van der Waals surface area contributed by atoms with Crippen molar-refractivity contribution < 1.29 is 4.52 Å². The van der Waals surface area contributed by atoms with E-state index in [-0.39, 0.29) is 0 Å².